The Hall–Kier alpha value is -2.60. The zero-order valence-corrected chi connectivity index (χ0v) is 32.9. The van der Waals surface area contributed by atoms with Crippen LogP contribution in [-0.2, 0) is 8.85 Å². The van der Waals surface area contributed by atoms with Crippen molar-refractivity contribution in [1.82, 2.24) is 0 Å². The van der Waals surface area contributed by atoms with Crippen LogP contribution in [0.2, 0.25) is 6.55 Å². The minimum absolute atomic E-state index is 0.113. The Labute approximate surface area is 284 Å². The van der Waals surface area contributed by atoms with Gasteiger partial charge in [0.05, 0.1) is 0 Å². The Kier molecular flexibility index (Phi) is 17.4. The summed E-state index contributed by atoms with van der Waals surface area (Å²) in [6, 6.07) is 25.5. The molecule has 0 heterocycles. The maximum absolute atomic E-state index is 5.84. The maximum Gasteiger partial charge on any atom is 0.368 e. The lowest BCUT2D eigenvalue weighted by Gasteiger charge is -2.23. The van der Waals surface area contributed by atoms with Crippen molar-refractivity contribution in [2.24, 2.45) is 0 Å². The second-order valence-corrected chi connectivity index (χ2v) is 17.8. The molecule has 3 aromatic rings. The van der Waals surface area contributed by atoms with Gasteiger partial charge < -0.3 is 18.3 Å². The SMILES string of the molecule is CCC(C)c1ccc(OC(C)(C)C)cc1.CCC(C)c1ccc([Si](C)(OC)OC)cc1.CCC(C)c1cccc(OC(C)(C)C)c1. The summed E-state index contributed by atoms with van der Waals surface area (Å²) in [6.07, 6.45) is 3.51. The zero-order valence-electron chi connectivity index (χ0n) is 31.9. The predicted octanol–water partition coefficient (Wildman–Crippen LogP) is 11.5. The minimum Gasteiger partial charge on any atom is -0.488 e. The van der Waals surface area contributed by atoms with Crippen molar-refractivity contribution in [3.63, 3.8) is 0 Å². The molecule has 0 fully saturated rings. The second kappa shape index (κ2) is 19.3. The molecule has 0 aliphatic heterocycles. The molecule has 0 aliphatic rings. The molecule has 0 bridgehead atoms. The Morgan fingerprint density at radius 1 is 0.543 bits per heavy atom. The van der Waals surface area contributed by atoms with Gasteiger partial charge in [-0.3, -0.25) is 0 Å². The van der Waals surface area contributed by atoms with Crippen LogP contribution in [-0.4, -0.2) is 34.0 Å². The average molecular weight is 651 g/mol. The zero-order chi connectivity index (χ0) is 35.1. The van der Waals surface area contributed by atoms with Crippen LogP contribution in [0.1, 0.15) is 137 Å². The summed E-state index contributed by atoms with van der Waals surface area (Å²) in [5, 5.41) is 1.18. The van der Waals surface area contributed by atoms with Crippen LogP contribution in [0.5, 0.6) is 11.5 Å². The molecule has 0 N–H and O–H groups in total. The molecule has 3 unspecified atom stereocenters. The van der Waals surface area contributed by atoms with Crippen LogP contribution in [0, 0.1) is 0 Å². The first kappa shape index (κ1) is 41.4. The van der Waals surface area contributed by atoms with Gasteiger partial charge >= 0.3 is 8.56 Å². The monoisotopic (exact) mass is 650 g/mol. The van der Waals surface area contributed by atoms with Crippen LogP contribution in [0.4, 0.5) is 0 Å². The Bertz CT molecular complexity index is 1240. The van der Waals surface area contributed by atoms with E-state index in [4.69, 9.17) is 18.3 Å². The summed E-state index contributed by atoms with van der Waals surface area (Å²) in [6.45, 7) is 27.9. The molecule has 0 amide bonds. The molecule has 0 saturated heterocycles. The van der Waals surface area contributed by atoms with Crippen molar-refractivity contribution >= 4 is 13.7 Å². The van der Waals surface area contributed by atoms with E-state index >= 15 is 0 Å². The first-order chi connectivity index (χ1) is 21.4. The third kappa shape index (κ3) is 14.9. The minimum atomic E-state index is -2.14. The van der Waals surface area contributed by atoms with E-state index < -0.39 is 8.56 Å². The van der Waals surface area contributed by atoms with Crippen LogP contribution < -0.4 is 14.7 Å². The average Bonchev–Trinajstić information content (AvgIpc) is 3.02. The van der Waals surface area contributed by atoms with Crippen LogP contribution in [0.25, 0.3) is 0 Å². The lowest BCUT2D eigenvalue weighted by molar-refractivity contribution is 0.130. The highest BCUT2D eigenvalue weighted by atomic mass is 28.4. The van der Waals surface area contributed by atoms with Crippen LogP contribution in [0.3, 0.4) is 0 Å². The fourth-order valence-electron chi connectivity index (χ4n) is 4.60. The van der Waals surface area contributed by atoms with E-state index in [1.807, 2.05) is 6.07 Å². The van der Waals surface area contributed by atoms with Crippen molar-refractivity contribution in [1.29, 1.82) is 0 Å². The fourth-order valence-corrected chi connectivity index (χ4v) is 6.01. The highest BCUT2D eigenvalue weighted by Crippen LogP contribution is 2.26. The van der Waals surface area contributed by atoms with E-state index in [0.717, 1.165) is 11.5 Å². The molecule has 0 aliphatic carbocycles. The number of benzene rings is 3. The molecule has 3 atom stereocenters. The number of hydrogen-bond donors (Lipinski definition) is 0. The maximum atomic E-state index is 5.84. The highest BCUT2D eigenvalue weighted by molar-refractivity contribution is 6.79. The van der Waals surface area contributed by atoms with E-state index in [-0.39, 0.29) is 11.2 Å². The van der Waals surface area contributed by atoms with Crippen LogP contribution >= 0.6 is 0 Å². The number of rotatable bonds is 11. The van der Waals surface area contributed by atoms with Gasteiger partial charge in [-0.2, -0.15) is 0 Å². The van der Waals surface area contributed by atoms with Gasteiger partial charge in [-0.15, -0.1) is 0 Å². The molecule has 5 heteroatoms. The quantitative estimate of drug-likeness (QED) is 0.194. The molecular formula is C41H66O4Si. The van der Waals surface area contributed by atoms with Crippen molar-refractivity contribution in [3.05, 3.63) is 89.5 Å². The summed E-state index contributed by atoms with van der Waals surface area (Å²) in [5.41, 5.74) is 3.90. The number of ether oxygens (including phenoxy) is 2. The third-order valence-corrected chi connectivity index (χ3v) is 11.3. The highest BCUT2D eigenvalue weighted by Gasteiger charge is 2.31. The normalized spacial score (nSPS) is 13.7. The summed E-state index contributed by atoms with van der Waals surface area (Å²) >= 11 is 0. The molecule has 0 radical (unpaired) electrons. The van der Waals surface area contributed by atoms with E-state index in [0.29, 0.717) is 17.8 Å². The largest absolute Gasteiger partial charge is 0.488 e. The second-order valence-electron chi connectivity index (χ2n) is 14.5. The van der Waals surface area contributed by atoms with Crippen molar-refractivity contribution in [2.45, 2.75) is 138 Å². The smallest absolute Gasteiger partial charge is 0.368 e. The van der Waals surface area contributed by atoms with Gasteiger partial charge in [0.2, 0.25) is 0 Å². The molecule has 258 valence electrons. The van der Waals surface area contributed by atoms with E-state index in [2.05, 4.69) is 156 Å². The fraction of sp³-hybridized carbons (Fsp3) is 0.561. The molecule has 46 heavy (non-hydrogen) atoms. The first-order valence-electron chi connectivity index (χ1n) is 17.2. The molecule has 0 saturated carbocycles. The topological polar surface area (TPSA) is 36.9 Å². The molecule has 0 aromatic heterocycles. The molecule has 3 aromatic carbocycles. The Morgan fingerprint density at radius 2 is 0.935 bits per heavy atom. The molecule has 4 nitrogen and oxygen atoms in total. The standard InChI is InChI=1S/2C14H22O.C13H22O2Si/c1-6-11(2)12-7-9-13(10-8-12)15-14(3,4)5;1-6-11(2)12-8-7-9-13(10-12)15-14(3,4)5;1-6-11(2)12-7-9-13(10-8-12)16(5,14-3)15-4/h2*7-11H,6H2,1-5H3;7-11H,6H2,1-5H3. The van der Waals surface area contributed by atoms with Gasteiger partial charge in [0.15, 0.2) is 0 Å². The van der Waals surface area contributed by atoms with E-state index in [9.17, 15) is 0 Å². The van der Waals surface area contributed by atoms with Gasteiger partial charge in [0, 0.05) is 14.2 Å². The van der Waals surface area contributed by atoms with Gasteiger partial charge in [-0.25, -0.2) is 0 Å². The first-order valence-corrected chi connectivity index (χ1v) is 19.5. The van der Waals surface area contributed by atoms with Gasteiger partial charge in [0.1, 0.15) is 22.7 Å². The van der Waals surface area contributed by atoms with Crippen molar-refractivity contribution in [2.75, 3.05) is 14.2 Å². The van der Waals surface area contributed by atoms with Gasteiger partial charge in [0.25, 0.3) is 0 Å². The third-order valence-electron chi connectivity index (χ3n) is 8.34. The lowest BCUT2D eigenvalue weighted by Crippen LogP contribution is -2.49. The summed E-state index contributed by atoms with van der Waals surface area (Å²) in [4.78, 5) is 0. The molecular weight excluding hydrogens is 585 g/mol. The van der Waals surface area contributed by atoms with E-state index in [1.54, 1.807) is 14.2 Å². The predicted molar refractivity (Wildman–Crippen MR) is 201 cm³/mol. The summed E-state index contributed by atoms with van der Waals surface area (Å²) < 4.78 is 22.6. The van der Waals surface area contributed by atoms with Crippen molar-refractivity contribution < 1.29 is 18.3 Å². The van der Waals surface area contributed by atoms with Gasteiger partial charge in [-0.05, 0) is 131 Å². The molecule has 0 spiro atoms. The lowest BCUT2D eigenvalue weighted by atomic mass is 9.98. The Balaban J connectivity index is 0.000000345. The summed E-state index contributed by atoms with van der Waals surface area (Å²) in [5.74, 6) is 3.78. The Morgan fingerprint density at radius 3 is 1.33 bits per heavy atom. The number of hydrogen-bond acceptors (Lipinski definition) is 4. The van der Waals surface area contributed by atoms with Crippen molar-refractivity contribution in [3.8, 4) is 11.5 Å². The van der Waals surface area contributed by atoms with Gasteiger partial charge in [-0.1, -0.05) is 90.1 Å². The van der Waals surface area contributed by atoms with Crippen LogP contribution in [0.15, 0.2) is 72.8 Å². The molecule has 3 rings (SSSR count). The van der Waals surface area contributed by atoms with E-state index in [1.165, 1.54) is 41.1 Å². The summed E-state index contributed by atoms with van der Waals surface area (Å²) in [7, 11) is 1.30.